The Bertz CT molecular complexity index is 5230. The molecule has 0 aromatic heterocycles. The monoisotopic (exact) mass is 1740 g/mol. The fourth-order valence-corrected chi connectivity index (χ4v) is 15.9. The number of carboxylic acid groups (broad SMARTS) is 2. The quantitative estimate of drug-likeness (QED) is 0.0525. The summed E-state index contributed by atoms with van der Waals surface area (Å²) in [6.45, 7) is 3.26. The molecule has 15 rings (SSSR count). The Balaban J connectivity index is 1.04. The fraction of sp³-hybridized carbons (Fsp3) is 0.393. The van der Waals surface area contributed by atoms with Crippen LogP contribution in [0.25, 0.3) is 11.1 Å². The summed E-state index contributed by atoms with van der Waals surface area (Å²) in [4.78, 5) is 138. The number of halogens is 2. The van der Waals surface area contributed by atoms with Gasteiger partial charge in [-0.05, 0) is 127 Å². The minimum atomic E-state index is -2.47. The lowest BCUT2D eigenvalue weighted by atomic mass is 9.89. The summed E-state index contributed by atoms with van der Waals surface area (Å²) in [6.07, 6.45) is -16.3. The first-order valence-corrected chi connectivity index (χ1v) is 40.0. The highest BCUT2D eigenvalue weighted by Crippen LogP contribution is 2.51. The van der Waals surface area contributed by atoms with Crippen molar-refractivity contribution in [2.24, 2.45) is 5.92 Å². The van der Waals surface area contributed by atoms with Gasteiger partial charge in [-0.3, -0.25) is 38.5 Å². The molecule has 0 radical (unpaired) electrons. The lowest BCUT2D eigenvalue weighted by molar-refractivity contribution is -0.277. The summed E-state index contributed by atoms with van der Waals surface area (Å²) in [5.74, 6) is -18.9. The SMILES string of the molecule is CC(C)CCCCCCCCC(=O)N[C@H]1[C@H](Oc2c3cc4cc2Oc2ccc(cc2Cl)[C@@H](O)[C@@H]2NC(=O)[C@H](NC(=O)[C@@H]4NC(=O)[C@H]4NC(=O)[C@@H](Cc5ccc(cc5)O3)NC(=O)[C@@H](N(C)C)c3ccc(O)c(c3)Oc3cc(O)c(Cl)c4c3)c3ccc(O)c(c3)-c3c(O[C@H]4O[C@H](CO)[C@@H](O)[C@H](O)[C@@H]4O)cc(O)cc3[C@@H](C(=O)O)NC2=O)O[C@H](C(=O)O)[C@@H](O)[C@@H]1O. The molecule has 2 saturated heterocycles. The number of benzene rings is 7. The molecule has 123 heavy (non-hydrogen) atoms. The Morgan fingerprint density at radius 1 is 0.537 bits per heavy atom. The van der Waals surface area contributed by atoms with Crippen molar-refractivity contribution in [2.75, 3.05) is 20.7 Å². The van der Waals surface area contributed by atoms with E-state index in [1.165, 1.54) is 47.4 Å². The fourth-order valence-electron chi connectivity index (χ4n) is 15.4. The smallest absolute Gasteiger partial charge is 0.335 e. The Hall–Kier alpha value is -11.8. The van der Waals surface area contributed by atoms with Gasteiger partial charge in [0.15, 0.2) is 35.1 Å². The van der Waals surface area contributed by atoms with Crippen LogP contribution in [0.1, 0.15) is 140 Å². The van der Waals surface area contributed by atoms with Gasteiger partial charge in [0.2, 0.25) is 59.7 Å². The number of rotatable bonds is 18. The molecule has 8 heterocycles. The lowest BCUT2D eigenvalue weighted by Gasteiger charge is -2.41. The largest absolute Gasteiger partial charge is 0.508 e. The lowest BCUT2D eigenvalue weighted by Crippen LogP contribution is -2.66. The van der Waals surface area contributed by atoms with Crippen LogP contribution in [-0.4, -0.2) is 219 Å². The molecule has 37 nitrogen and oxygen atoms in total. The number of fused-ring (bicyclic) bond motifs is 14. The topological polar surface area (TPSA) is 569 Å². The van der Waals surface area contributed by atoms with Gasteiger partial charge in [-0.25, -0.2) is 9.59 Å². The first-order valence-electron chi connectivity index (χ1n) is 39.3. The second-order valence-corrected chi connectivity index (χ2v) is 32.0. The highest BCUT2D eigenvalue weighted by Gasteiger charge is 2.52. The number of aliphatic carboxylic acids is 2. The molecule has 20 N–H and O–H groups in total. The van der Waals surface area contributed by atoms with E-state index in [9.17, 15) is 85.6 Å². The minimum absolute atomic E-state index is 0.151. The van der Waals surface area contributed by atoms with E-state index in [4.69, 9.17) is 56.4 Å². The summed E-state index contributed by atoms with van der Waals surface area (Å²) < 4.78 is 44.0. The van der Waals surface area contributed by atoms with E-state index in [0.29, 0.717) is 24.3 Å². The molecular formula is C84H90Cl2N8O29. The van der Waals surface area contributed by atoms with E-state index in [2.05, 4.69) is 51.1 Å². The Morgan fingerprint density at radius 2 is 1.17 bits per heavy atom. The van der Waals surface area contributed by atoms with Crippen LogP contribution in [-0.2, 0) is 59.0 Å². The van der Waals surface area contributed by atoms with Crippen LogP contribution in [0.15, 0.2) is 115 Å². The van der Waals surface area contributed by atoms with Crippen molar-refractivity contribution in [3.63, 3.8) is 0 Å². The second-order valence-electron chi connectivity index (χ2n) is 31.2. The maximum Gasteiger partial charge on any atom is 0.335 e. The van der Waals surface area contributed by atoms with Gasteiger partial charge in [0.25, 0.3) is 0 Å². The molecule has 7 aromatic carbocycles. The van der Waals surface area contributed by atoms with E-state index in [1.54, 1.807) is 14.1 Å². The number of carbonyl (C=O) groups is 9. The van der Waals surface area contributed by atoms with Crippen LogP contribution in [0.2, 0.25) is 10.0 Å². The number of amides is 7. The van der Waals surface area contributed by atoms with Gasteiger partial charge in [-0.2, -0.15) is 0 Å². The number of nitrogens with zero attached hydrogens (tertiary/aromatic N) is 1. The van der Waals surface area contributed by atoms with Gasteiger partial charge < -0.3 is 137 Å². The predicted octanol–water partition coefficient (Wildman–Crippen LogP) is 4.53. The van der Waals surface area contributed by atoms with Crippen molar-refractivity contribution in [3.8, 4) is 80.1 Å². The number of carbonyl (C=O) groups excluding carboxylic acids is 7. The molecule has 8 aliphatic rings. The molecule has 8 aliphatic heterocycles. The number of phenolic OH excluding ortho intramolecular Hbond substituents is 4. The molecule has 18 atom stereocenters. The molecule has 39 heteroatoms. The Labute approximate surface area is 710 Å². The molecule has 0 saturated carbocycles. The van der Waals surface area contributed by atoms with Gasteiger partial charge in [0, 0.05) is 47.2 Å². The van der Waals surface area contributed by atoms with E-state index < -0.39 is 271 Å². The minimum Gasteiger partial charge on any atom is -0.508 e. The molecule has 0 spiro atoms. The highest BCUT2D eigenvalue weighted by molar-refractivity contribution is 6.33. The number of hydrogen-bond donors (Lipinski definition) is 20. The number of aliphatic hydroxyl groups is 7. The van der Waals surface area contributed by atoms with E-state index in [-0.39, 0.29) is 34.8 Å². The number of likely N-dealkylation sites (N-methyl/N-ethyl adjacent to an activating group) is 1. The highest BCUT2D eigenvalue weighted by atomic mass is 35.5. The van der Waals surface area contributed by atoms with Gasteiger partial charge >= 0.3 is 11.9 Å². The summed E-state index contributed by atoms with van der Waals surface area (Å²) >= 11 is 14.2. The number of unbranched alkanes of at least 4 members (excludes halogenated alkanes) is 5. The molecule has 0 unspecified atom stereocenters. The zero-order valence-corrected chi connectivity index (χ0v) is 67.6. The van der Waals surface area contributed by atoms with Crippen LogP contribution in [0, 0.1) is 5.92 Å². The molecule has 17 bridgehead atoms. The van der Waals surface area contributed by atoms with Crippen molar-refractivity contribution in [1.82, 2.24) is 42.1 Å². The number of aliphatic hydroxyl groups excluding tert-OH is 7. The van der Waals surface area contributed by atoms with Gasteiger partial charge in [0.05, 0.1) is 16.7 Å². The number of ether oxygens (including phenoxy) is 7. The van der Waals surface area contributed by atoms with Crippen molar-refractivity contribution in [1.29, 1.82) is 0 Å². The maximum atomic E-state index is 16.7. The number of carboxylic acids is 2. The summed E-state index contributed by atoms with van der Waals surface area (Å²) in [6, 6.07) is 4.60. The average Bonchev–Trinajstić information content (AvgIpc) is 0.767. The first kappa shape index (κ1) is 88.9. The van der Waals surface area contributed by atoms with Crippen molar-refractivity contribution in [3.05, 3.63) is 164 Å². The summed E-state index contributed by atoms with van der Waals surface area (Å²) in [7, 11) is 3.09. The van der Waals surface area contributed by atoms with Gasteiger partial charge in [0.1, 0.15) is 125 Å². The third kappa shape index (κ3) is 19.3. The predicted molar refractivity (Wildman–Crippen MR) is 428 cm³/mol. The molecule has 0 aliphatic carbocycles. The molecular weight excluding hydrogens is 1660 g/mol. The van der Waals surface area contributed by atoms with Crippen LogP contribution >= 0.6 is 23.2 Å². The summed E-state index contributed by atoms with van der Waals surface area (Å²) in [5, 5.41) is 165. The molecule has 2 fully saturated rings. The first-order chi connectivity index (χ1) is 58.5. The molecule has 7 amide bonds. The average molecular weight is 1750 g/mol. The van der Waals surface area contributed by atoms with Crippen molar-refractivity contribution in [2.45, 2.75) is 181 Å². The van der Waals surface area contributed by atoms with E-state index in [1.807, 2.05) is 0 Å². The number of hydrogen-bond acceptors (Lipinski definition) is 28. The van der Waals surface area contributed by atoms with Crippen LogP contribution in [0.3, 0.4) is 0 Å². The normalized spacial score (nSPS) is 26.4. The third-order valence-electron chi connectivity index (χ3n) is 21.8. The van der Waals surface area contributed by atoms with Gasteiger partial charge in [-0.15, -0.1) is 0 Å². The van der Waals surface area contributed by atoms with Crippen molar-refractivity contribution >= 4 is 76.5 Å². The zero-order valence-electron chi connectivity index (χ0n) is 66.1. The zero-order chi connectivity index (χ0) is 88.4. The van der Waals surface area contributed by atoms with Crippen LogP contribution in [0.5, 0.6) is 69.0 Å². The number of nitrogens with one attached hydrogen (secondary N) is 7. The van der Waals surface area contributed by atoms with Crippen LogP contribution in [0.4, 0.5) is 0 Å². The Kier molecular flexibility index (Phi) is 27.1. The molecule has 654 valence electrons. The second kappa shape index (κ2) is 37.5. The van der Waals surface area contributed by atoms with Crippen LogP contribution < -0.4 is 60.9 Å². The van der Waals surface area contributed by atoms with Crippen molar-refractivity contribution < 1.29 is 143 Å². The van der Waals surface area contributed by atoms with E-state index >= 15 is 24.0 Å². The number of aromatic hydroxyl groups is 4. The standard InChI is InChI=1S/C84H90Cl2N8O29/c1-34(2)11-9-7-5-6-8-10-12-57(100)88-65-69(103)71(105)74(82(115)116)123-83(65)122-73-54-27-39-28-55(73)119-51-22-17-38(25-46(51)85)67(101)64-79(111)92-63(81(113)114)44-29-40(96)30-53(120-84-72(106)70(104)68(102)56(33-95)121-84)58(44)43-24-36(15-20-48(43)97)60(76(108)93-64)89-77(109)61(39)90-78(110)62-45-31-42(32-50(99)59(45)86)118-52-26-37(16-21-49(52)98)66(94(3)4)80(112)87-47(75(107)91-62)23-35-13-18-41(117-54)19-14-35/h13-22,24-32,34,47,56,60-72,74,83-84,95-99,101-106H,5-12,23,33H2,1-4H3,(H,87,112)(H,88,100)(H,89,109)(H,90,110)(H,91,107)(H,92,111)(H,93,108)(H,113,114)(H,115,116)/t47-,56-,60-,61-,62+,63+,64+,65-,66+,67-,68-,69-,70+,71+,72+,74+,83-,84+/m1/s1. The van der Waals surface area contributed by atoms with E-state index in [0.717, 1.165) is 105 Å². The number of phenols is 4. The maximum absolute atomic E-state index is 16.7. The summed E-state index contributed by atoms with van der Waals surface area (Å²) in [5.41, 5.74) is -3.24. The van der Waals surface area contributed by atoms with Gasteiger partial charge in [-0.1, -0.05) is 106 Å². The molecule has 7 aromatic rings. The third-order valence-corrected chi connectivity index (χ3v) is 22.5. The Morgan fingerprint density at radius 3 is 1.85 bits per heavy atom.